The number of carbonyl (C=O) groups excluding carboxylic acids is 1. The molecule has 112 valence electrons. The lowest BCUT2D eigenvalue weighted by Gasteiger charge is -2.17. The number of amides is 1. The number of aryl methyl sites for hydroxylation is 2. The van der Waals surface area contributed by atoms with Crippen molar-refractivity contribution in [2.24, 2.45) is 5.73 Å². The molecule has 1 amide bonds. The van der Waals surface area contributed by atoms with Crippen LogP contribution in [0, 0.1) is 13.8 Å². The molecule has 1 aromatic rings. The van der Waals surface area contributed by atoms with Crippen LogP contribution in [0.25, 0.3) is 0 Å². The summed E-state index contributed by atoms with van der Waals surface area (Å²) in [6.07, 6.45) is -0.627. The van der Waals surface area contributed by atoms with Gasteiger partial charge in [0.1, 0.15) is 5.75 Å². The minimum absolute atomic E-state index is 0.464. The Hall–Kier alpha value is -1.59. The van der Waals surface area contributed by atoms with E-state index in [1.807, 2.05) is 13.8 Å². The van der Waals surface area contributed by atoms with E-state index in [0.717, 1.165) is 30.0 Å². The fourth-order valence-corrected chi connectivity index (χ4v) is 1.97. The topological polar surface area (TPSA) is 73.6 Å². The molecule has 20 heavy (non-hydrogen) atoms. The fourth-order valence-electron chi connectivity index (χ4n) is 1.97. The highest BCUT2D eigenvalue weighted by Gasteiger charge is 2.14. The lowest BCUT2D eigenvalue weighted by Crippen LogP contribution is -2.31. The molecule has 3 N–H and O–H groups in total. The summed E-state index contributed by atoms with van der Waals surface area (Å²) >= 11 is 0. The highest BCUT2D eigenvalue weighted by molar-refractivity contribution is 5.78. The molecule has 1 unspecified atom stereocenters. The zero-order valence-corrected chi connectivity index (χ0v) is 12.7. The quantitative estimate of drug-likeness (QED) is 0.704. The molecule has 0 saturated carbocycles. The summed E-state index contributed by atoms with van der Waals surface area (Å²) in [6.45, 7) is 7.86. The summed E-state index contributed by atoms with van der Waals surface area (Å²) in [5.41, 5.74) is 8.40. The van der Waals surface area contributed by atoms with Crippen LogP contribution in [-0.4, -0.2) is 32.3 Å². The summed E-state index contributed by atoms with van der Waals surface area (Å²) in [6, 6.07) is 4.10. The number of hydrogen-bond donors (Lipinski definition) is 2. The van der Waals surface area contributed by atoms with Crippen LogP contribution >= 0.6 is 0 Å². The van der Waals surface area contributed by atoms with E-state index in [2.05, 4.69) is 17.4 Å². The van der Waals surface area contributed by atoms with E-state index in [0.29, 0.717) is 6.61 Å². The van der Waals surface area contributed by atoms with E-state index in [4.69, 9.17) is 15.2 Å². The van der Waals surface area contributed by atoms with E-state index in [1.54, 1.807) is 14.0 Å². The molecule has 0 heterocycles. The smallest absolute Gasteiger partial charge is 0.258 e. The Morgan fingerprint density at radius 3 is 2.45 bits per heavy atom. The van der Waals surface area contributed by atoms with E-state index in [9.17, 15) is 4.79 Å². The molecule has 0 saturated heterocycles. The first kappa shape index (κ1) is 16.5. The Morgan fingerprint density at radius 1 is 1.35 bits per heavy atom. The number of hydrogen-bond acceptors (Lipinski definition) is 4. The van der Waals surface area contributed by atoms with Crippen LogP contribution < -0.4 is 15.8 Å². The molecule has 1 aromatic carbocycles. The van der Waals surface area contributed by atoms with Gasteiger partial charge in [-0.25, -0.2) is 0 Å². The minimum Gasteiger partial charge on any atom is -0.480 e. The van der Waals surface area contributed by atoms with Crippen molar-refractivity contribution in [3.63, 3.8) is 0 Å². The predicted octanol–water partition coefficient (Wildman–Crippen LogP) is 1.29. The molecule has 5 heteroatoms. The third kappa shape index (κ3) is 4.83. The number of nitrogens with two attached hydrogens (primary N) is 1. The van der Waals surface area contributed by atoms with Crippen molar-refractivity contribution >= 4 is 5.91 Å². The van der Waals surface area contributed by atoms with Gasteiger partial charge in [-0.05, 0) is 37.5 Å². The Morgan fingerprint density at radius 2 is 1.95 bits per heavy atom. The van der Waals surface area contributed by atoms with Gasteiger partial charge in [0, 0.05) is 20.2 Å². The normalized spacial score (nSPS) is 12.2. The molecule has 5 nitrogen and oxygen atoms in total. The molecular formula is C15H24N2O3. The van der Waals surface area contributed by atoms with Crippen molar-refractivity contribution in [2.45, 2.75) is 33.4 Å². The van der Waals surface area contributed by atoms with Crippen molar-refractivity contribution in [3.8, 4) is 5.75 Å². The lowest BCUT2D eigenvalue weighted by atomic mass is 10.1. The van der Waals surface area contributed by atoms with Gasteiger partial charge in [0.25, 0.3) is 5.91 Å². The van der Waals surface area contributed by atoms with Gasteiger partial charge in [-0.3, -0.25) is 4.79 Å². The third-order valence-corrected chi connectivity index (χ3v) is 3.03. The first-order valence-electron chi connectivity index (χ1n) is 6.71. The average molecular weight is 280 g/mol. The van der Waals surface area contributed by atoms with Crippen LogP contribution in [-0.2, 0) is 16.1 Å². The molecule has 0 aliphatic heterocycles. The maximum absolute atomic E-state index is 11.1. The van der Waals surface area contributed by atoms with Crippen molar-refractivity contribution < 1.29 is 14.3 Å². The van der Waals surface area contributed by atoms with Crippen molar-refractivity contribution in [3.05, 3.63) is 28.8 Å². The van der Waals surface area contributed by atoms with Gasteiger partial charge in [-0.15, -0.1) is 0 Å². The van der Waals surface area contributed by atoms with Crippen LogP contribution in [0.15, 0.2) is 12.1 Å². The second kappa shape index (κ2) is 7.87. The molecule has 0 radical (unpaired) electrons. The molecule has 0 spiro atoms. The molecule has 0 aliphatic carbocycles. The Bertz CT molecular complexity index is 437. The first-order chi connectivity index (χ1) is 9.45. The molecular weight excluding hydrogens is 256 g/mol. The van der Waals surface area contributed by atoms with Gasteiger partial charge in [0.05, 0.1) is 6.61 Å². The predicted molar refractivity (Wildman–Crippen MR) is 78.8 cm³/mol. The number of rotatable bonds is 8. The van der Waals surface area contributed by atoms with Crippen molar-refractivity contribution in [2.75, 3.05) is 20.3 Å². The standard InChI is InChI=1S/C15H24N2O3/c1-10-7-13(9-17-5-6-19-4)8-11(2)14(10)20-12(3)15(16)18/h7-8,12,17H,5-6,9H2,1-4H3,(H2,16,18). The van der Waals surface area contributed by atoms with Crippen LogP contribution in [0.1, 0.15) is 23.6 Å². The molecule has 0 bridgehead atoms. The van der Waals surface area contributed by atoms with E-state index < -0.39 is 12.0 Å². The largest absolute Gasteiger partial charge is 0.480 e. The van der Waals surface area contributed by atoms with Crippen LogP contribution in [0.5, 0.6) is 5.75 Å². The van der Waals surface area contributed by atoms with E-state index >= 15 is 0 Å². The zero-order chi connectivity index (χ0) is 15.1. The van der Waals surface area contributed by atoms with Gasteiger partial charge in [0.2, 0.25) is 0 Å². The number of benzene rings is 1. The highest BCUT2D eigenvalue weighted by Crippen LogP contribution is 2.25. The summed E-state index contributed by atoms with van der Waals surface area (Å²) < 4.78 is 10.6. The lowest BCUT2D eigenvalue weighted by molar-refractivity contribution is -0.124. The SMILES string of the molecule is COCCNCc1cc(C)c(OC(C)C(N)=O)c(C)c1. The molecule has 1 rings (SSSR count). The monoisotopic (exact) mass is 280 g/mol. The number of nitrogens with one attached hydrogen (secondary N) is 1. The fraction of sp³-hybridized carbons (Fsp3) is 0.533. The highest BCUT2D eigenvalue weighted by atomic mass is 16.5. The summed E-state index contributed by atoms with van der Waals surface area (Å²) in [5.74, 6) is 0.269. The maximum Gasteiger partial charge on any atom is 0.258 e. The van der Waals surface area contributed by atoms with Gasteiger partial charge in [-0.1, -0.05) is 12.1 Å². The van der Waals surface area contributed by atoms with Gasteiger partial charge < -0.3 is 20.5 Å². The summed E-state index contributed by atoms with van der Waals surface area (Å²) in [7, 11) is 1.68. The van der Waals surface area contributed by atoms with Crippen LogP contribution in [0.3, 0.4) is 0 Å². The second-order valence-corrected chi connectivity index (χ2v) is 4.89. The first-order valence-corrected chi connectivity index (χ1v) is 6.71. The van der Waals surface area contributed by atoms with Gasteiger partial charge in [-0.2, -0.15) is 0 Å². The Balaban J connectivity index is 2.73. The Labute approximate surface area is 120 Å². The number of primary amides is 1. The third-order valence-electron chi connectivity index (χ3n) is 3.03. The number of ether oxygens (including phenoxy) is 2. The number of methoxy groups -OCH3 is 1. The minimum atomic E-state index is -0.627. The number of carbonyl (C=O) groups is 1. The van der Waals surface area contributed by atoms with Crippen molar-refractivity contribution in [1.29, 1.82) is 0 Å². The summed E-state index contributed by atoms with van der Waals surface area (Å²) in [4.78, 5) is 11.1. The molecule has 0 aliphatic rings. The molecule has 0 aromatic heterocycles. The average Bonchev–Trinajstić information content (AvgIpc) is 2.38. The van der Waals surface area contributed by atoms with E-state index in [1.165, 1.54) is 5.56 Å². The zero-order valence-electron chi connectivity index (χ0n) is 12.7. The molecule has 0 fully saturated rings. The maximum atomic E-state index is 11.1. The van der Waals surface area contributed by atoms with E-state index in [-0.39, 0.29) is 0 Å². The summed E-state index contributed by atoms with van der Waals surface area (Å²) in [5, 5.41) is 3.30. The van der Waals surface area contributed by atoms with Crippen molar-refractivity contribution in [1.82, 2.24) is 5.32 Å². The van der Waals surface area contributed by atoms with Gasteiger partial charge >= 0.3 is 0 Å². The second-order valence-electron chi connectivity index (χ2n) is 4.89. The Kier molecular flexibility index (Phi) is 6.48. The van der Waals surface area contributed by atoms with Crippen LogP contribution in [0.2, 0.25) is 0 Å². The van der Waals surface area contributed by atoms with Gasteiger partial charge in [0.15, 0.2) is 6.10 Å². The van der Waals surface area contributed by atoms with Crippen LogP contribution in [0.4, 0.5) is 0 Å². The molecule has 1 atom stereocenters.